The second-order valence-corrected chi connectivity index (χ2v) is 2.86. The van der Waals surface area contributed by atoms with Gasteiger partial charge in [-0.25, -0.2) is 15.0 Å². The molecule has 0 fully saturated rings. The summed E-state index contributed by atoms with van der Waals surface area (Å²) < 4.78 is 53.0. The lowest BCUT2D eigenvalue weighted by molar-refractivity contribution is 0.921. The lowest BCUT2D eigenvalue weighted by Crippen LogP contribution is -1.96. The van der Waals surface area contributed by atoms with Crippen LogP contribution in [0.2, 0.25) is 0 Å². The molecular weight excluding hydrogens is 232 g/mol. The molecule has 2 heterocycles. The zero-order valence-electron chi connectivity index (χ0n) is 13.2. The quantitative estimate of drug-likeness (QED) is 0.769. The molecule has 0 saturated heterocycles. The first-order valence-corrected chi connectivity index (χ1v) is 3.99. The van der Waals surface area contributed by atoms with Gasteiger partial charge in [-0.1, -0.05) is 0 Å². The van der Waals surface area contributed by atoms with Crippen molar-refractivity contribution in [3.63, 3.8) is 0 Å². The summed E-state index contributed by atoms with van der Waals surface area (Å²) in [5.74, 6) is -0.304. The van der Waals surface area contributed by atoms with Crippen molar-refractivity contribution in [1.82, 2.24) is 19.5 Å². The average molecular weight is 246 g/mol. The molecule has 2 aromatic rings. The van der Waals surface area contributed by atoms with E-state index in [0.717, 1.165) is 4.57 Å². The number of aryl methyl sites for hydroxylation is 1. The van der Waals surface area contributed by atoms with Gasteiger partial charge in [0, 0.05) is 22.6 Å². The fourth-order valence-electron chi connectivity index (χ4n) is 0.699. The molecule has 4 nitrogen and oxygen atoms in total. The van der Waals surface area contributed by atoms with Crippen LogP contribution in [0.1, 0.15) is 15.3 Å². The van der Waals surface area contributed by atoms with Crippen molar-refractivity contribution >= 4 is 15.9 Å². The Balaban J connectivity index is 2.68. The van der Waals surface area contributed by atoms with E-state index < -0.39 is 25.0 Å². The maximum Gasteiger partial charge on any atom is 0.234 e. The van der Waals surface area contributed by atoms with Gasteiger partial charge in [0.15, 0.2) is 0 Å². The van der Waals surface area contributed by atoms with E-state index in [9.17, 15) is 0 Å². The highest BCUT2D eigenvalue weighted by Gasteiger charge is 1.99. The van der Waals surface area contributed by atoms with Gasteiger partial charge in [-0.15, -0.1) is 0 Å². The Bertz CT molecular complexity index is 657. The molecule has 0 amide bonds. The first kappa shape index (κ1) is 3.49. The van der Waals surface area contributed by atoms with Gasteiger partial charge in [-0.2, -0.15) is 0 Å². The summed E-state index contributed by atoms with van der Waals surface area (Å²) in [6, 6.07) is 0. The first-order valence-electron chi connectivity index (χ1n) is 6.70. The van der Waals surface area contributed by atoms with Crippen LogP contribution in [0, 0.1) is 6.85 Å². The van der Waals surface area contributed by atoms with E-state index in [-0.39, 0.29) is 22.8 Å². The van der Waals surface area contributed by atoms with Gasteiger partial charge >= 0.3 is 0 Å². The molecular formula is C8H7BrN4. The Morgan fingerprint density at radius 2 is 2.23 bits per heavy atom. The zero-order valence-corrected chi connectivity index (χ0v) is 7.75. The number of nitrogens with zero attached hydrogens (tertiary/aromatic N) is 4. The molecule has 0 spiro atoms. The van der Waals surface area contributed by atoms with Crippen molar-refractivity contribution in [2.24, 2.45) is 0 Å². The maximum absolute atomic E-state index is 7.76. The van der Waals surface area contributed by atoms with Crippen LogP contribution in [0.5, 0.6) is 0 Å². The van der Waals surface area contributed by atoms with Gasteiger partial charge in [-0.3, -0.25) is 4.57 Å². The lowest BCUT2D eigenvalue weighted by Gasteiger charge is -1.97. The van der Waals surface area contributed by atoms with Crippen LogP contribution in [0.4, 0.5) is 0 Å². The van der Waals surface area contributed by atoms with Crippen LogP contribution in [-0.4, -0.2) is 19.5 Å². The molecule has 2 rings (SSSR count). The fraction of sp³-hybridized carbons (Fsp3) is 0.125. The number of hydrogen-bond acceptors (Lipinski definition) is 3. The Hall–Kier alpha value is -1.23. The lowest BCUT2D eigenvalue weighted by atomic mass is 10.6. The van der Waals surface area contributed by atoms with Crippen LogP contribution >= 0.6 is 15.9 Å². The maximum atomic E-state index is 7.76. The van der Waals surface area contributed by atoms with Gasteiger partial charge in [0.05, 0.1) is 14.3 Å². The summed E-state index contributed by atoms with van der Waals surface area (Å²) >= 11 is 2.95. The standard InChI is InChI=1S/C8H7BrN4/c1-6-4-13(5-12-6)8-10-2-7(9)3-11-8/h2-5H,1H3/i1D3,2D,3D,4D,5D. The van der Waals surface area contributed by atoms with Crippen molar-refractivity contribution < 1.29 is 9.60 Å². The Kier molecular flexibility index (Phi) is 0.875. The van der Waals surface area contributed by atoms with Crippen molar-refractivity contribution in [3.8, 4) is 5.95 Å². The van der Waals surface area contributed by atoms with Crippen LogP contribution in [0.3, 0.4) is 0 Å². The average Bonchev–Trinajstić information content (AvgIpc) is 2.61. The molecule has 2 aromatic heterocycles. The largest absolute Gasteiger partial charge is 0.274 e. The minimum absolute atomic E-state index is 0.0653. The third-order valence-corrected chi connectivity index (χ3v) is 1.54. The van der Waals surface area contributed by atoms with Crippen molar-refractivity contribution in [2.45, 2.75) is 6.85 Å². The molecule has 0 atom stereocenters. The molecule has 5 heteroatoms. The topological polar surface area (TPSA) is 43.6 Å². The monoisotopic (exact) mass is 245 g/mol. The van der Waals surface area contributed by atoms with E-state index in [1.54, 1.807) is 0 Å². The minimum atomic E-state index is -2.64. The van der Waals surface area contributed by atoms with Crippen LogP contribution in [-0.2, 0) is 0 Å². The normalized spacial score (nSPS) is 19.0. The Morgan fingerprint density at radius 1 is 1.46 bits per heavy atom. The van der Waals surface area contributed by atoms with Crippen molar-refractivity contribution in [1.29, 1.82) is 0 Å². The number of aromatic nitrogens is 4. The molecule has 0 N–H and O–H groups in total. The van der Waals surface area contributed by atoms with Crippen LogP contribution in [0.25, 0.3) is 5.95 Å². The van der Waals surface area contributed by atoms with Crippen molar-refractivity contribution in [2.75, 3.05) is 0 Å². The van der Waals surface area contributed by atoms with Gasteiger partial charge in [-0.05, 0) is 22.8 Å². The van der Waals surface area contributed by atoms with E-state index in [4.69, 9.17) is 9.60 Å². The molecule has 0 saturated carbocycles. The summed E-state index contributed by atoms with van der Waals surface area (Å²) in [5.41, 5.74) is -0.549. The molecule has 66 valence electrons. The minimum Gasteiger partial charge on any atom is -0.274 e. The Morgan fingerprint density at radius 3 is 2.85 bits per heavy atom. The zero-order chi connectivity index (χ0) is 15.2. The summed E-state index contributed by atoms with van der Waals surface area (Å²) in [5, 5.41) is 0. The molecule has 0 aliphatic carbocycles. The van der Waals surface area contributed by atoms with Crippen molar-refractivity contribution in [3.05, 3.63) is 35.0 Å². The SMILES string of the molecule is [2H]c1nc(-n2c([2H])nc(C([2H])([2H])[2H])c2[2H])nc([2H])c1Br. The van der Waals surface area contributed by atoms with Crippen LogP contribution in [0.15, 0.2) is 29.3 Å². The molecule has 0 bridgehead atoms. The van der Waals surface area contributed by atoms with Gasteiger partial charge in [0.1, 0.15) is 7.67 Å². The molecule has 0 unspecified atom stereocenters. The second kappa shape index (κ2) is 3.26. The number of hydrogen-bond donors (Lipinski definition) is 0. The number of rotatable bonds is 1. The molecule has 0 aliphatic rings. The summed E-state index contributed by atoms with van der Waals surface area (Å²) in [6.45, 7) is -2.64. The van der Waals surface area contributed by atoms with Crippen LogP contribution < -0.4 is 0 Å². The highest BCUT2D eigenvalue weighted by molar-refractivity contribution is 9.10. The summed E-state index contributed by atoms with van der Waals surface area (Å²) in [6.07, 6.45) is -1.70. The summed E-state index contributed by atoms with van der Waals surface area (Å²) in [4.78, 5) is 10.9. The Labute approximate surface area is 93.6 Å². The van der Waals surface area contributed by atoms with E-state index in [1.807, 2.05) is 0 Å². The smallest absolute Gasteiger partial charge is 0.234 e. The third kappa shape index (κ3) is 1.75. The fourth-order valence-corrected chi connectivity index (χ4v) is 0.876. The molecule has 0 aromatic carbocycles. The first-order chi connectivity index (χ1) is 9.12. The van der Waals surface area contributed by atoms with E-state index in [0.29, 0.717) is 0 Å². The van der Waals surface area contributed by atoms with Gasteiger partial charge < -0.3 is 0 Å². The highest BCUT2D eigenvalue weighted by atomic mass is 79.9. The van der Waals surface area contributed by atoms with Gasteiger partial charge in [0.25, 0.3) is 0 Å². The molecule has 13 heavy (non-hydrogen) atoms. The van der Waals surface area contributed by atoms with Gasteiger partial charge in [0.2, 0.25) is 5.95 Å². The van der Waals surface area contributed by atoms with E-state index in [1.165, 1.54) is 0 Å². The number of halogens is 1. The number of imidazole rings is 1. The summed E-state index contributed by atoms with van der Waals surface area (Å²) in [7, 11) is 0. The highest BCUT2D eigenvalue weighted by Crippen LogP contribution is 2.07. The van der Waals surface area contributed by atoms with E-state index in [2.05, 4.69) is 30.9 Å². The van der Waals surface area contributed by atoms with E-state index >= 15 is 0 Å². The second-order valence-electron chi connectivity index (χ2n) is 2.07. The third-order valence-electron chi connectivity index (χ3n) is 1.19. The molecule has 0 aliphatic heterocycles. The molecule has 0 radical (unpaired) electrons. The predicted molar refractivity (Wildman–Crippen MR) is 51.6 cm³/mol. The predicted octanol–water partition coefficient (Wildman–Crippen LogP) is 1.73.